The fraction of sp³-hybridized carbons (Fsp3) is 0.389. The van der Waals surface area contributed by atoms with Crippen molar-refractivity contribution in [1.29, 1.82) is 0 Å². The van der Waals surface area contributed by atoms with E-state index in [1.165, 1.54) is 0 Å². The van der Waals surface area contributed by atoms with Crippen LogP contribution >= 0.6 is 0 Å². The summed E-state index contributed by atoms with van der Waals surface area (Å²) in [4.78, 5) is 12.4. The Labute approximate surface area is 131 Å². The molecule has 0 bridgehead atoms. The molecule has 0 saturated carbocycles. The Morgan fingerprint density at radius 2 is 1.68 bits per heavy atom. The summed E-state index contributed by atoms with van der Waals surface area (Å²) in [6, 6.07) is 11.2. The molecule has 0 unspecified atom stereocenters. The highest BCUT2D eigenvalue weighted by Crippen LogP contribution is 2.24. The number of benzene rings is 1. The molecule has 2 rings (SSSR count). The van der Waals surface area contributed by atoms with Crippen molar-refractivity contribution >= 4 is 0 Å². The van der Waals surface area contributed by atoms with Crippen LogP contribution in [-0.4, -0.2) is 15.8 Å². The number of aliphatic hydroxyl groups is 1. The second-order valence-corrected chi connectivity index (χ2v) is 6.25. The van der Waals surface area contributed by atoms with Crippen LogP contribution in [0, 0.1) is 0 Å². The number of rotatable bonds is 4. The van der Waals surface area contributed by atoms with E-state index in [2.05, 4.69) is 0 Å². The number of ether oxygens (including phenoxy) is 1. The lowest BCUT2D eigenvalue weighted by atomic mass is 9.99. The summed E-state index contributed by atoms with van der Waals surface area (Å²) in [7, 11) is 1.71. The van der Waals surface area contributed by atoms with E-state index in [1.807, 2.05) is 44.2 Å². The zero-order chi connectivity index (χ0) is 16.5. The standard InChI is InChI=1S/C18H23NO3/c1-12(2)22-14-8-6-13(7-9-14)16-11-10-15(18(3,4)21)17(20)19(16)5/h6-12,21H,1-5H3. The number of hydrogen-bond donors (Lipinski definition) is 1. The second kappa shape index (κ2) is 5.97. The van der Waals surface area contributed by atoms with Crippen LogP contribution in [0.3, 0.4) is 0 Å². The van der Waals surface area contributed by atoms with Gasteiger partial charge < -0.3 is 14.4 Å². The van der Waals surface area contributed by atoms with Crippen molar-refractivity contribution in [2.24, 2.45) is 7.05 Å². The van der Waals surface area contributed by atoms with E-state index in [-0.39, 0.29) is 11.7 Å². The zero-order valence-corrected chi connectivity index (χ0v) is 13.8. The molecule has 1 aromatic carbocycles. The maximum absolute atomic E-state index is 12.4. The summed E-state index contributed by atoms with van der Waals surface area (Å²) < 4.78 is 7.18. The molecule has 0 saturated heterocycles. The van der Waals surface area contributed by atoms with Gasteiger partial charge in [-0.05, 0) is 69.7 Å². The monoisotopic (exact) mass is 301 g/mol. The largest absolute Gasteiger partial charge is 0.491 e. The van der Waals surface area contributed by atoms with Gasteiger partial charge in [-0.25, -0.2) is 0 Å². The topological polar surface area (TPSA) is 51.5 Å². The summed E-state index contributed by atoms with van der Waals surface area (Å²) in [5.74, 6) is 0.803. The third-order valence-corrected chi connectivity index (χ3v) is 3.49. The maximum atomic E-state index is 12.4. The lowest BCUT2D eigenvalue weighted by Crippen LogP contribution is -2.31. The molecule has 0 aliphatic rings. The molecule has 0 fully saturated rings. The Morgan fingerprint density at radius 3 is 2.18 bits per heavy atom. The first kappa shape index (κ1) is 16.3. The third kappa shape index (κ3) is 3.39. The lowest BCUT2D eigenvalue weighted by Gasteiger charge is -2.19. The van der Waals surface area contributed by atoms with Gasteiger partial charge in [-0.2, -0.15) is 0 Å². The van der Waals surface area contributed by atoms with Crippen LogP contribution in [0.15, 0.2) is 41.2 Å². The molecule has 0 amide bonds. The SMILES string of the molecule is CC(C)Oc1ccc(-c2ccc(C(C)(C)O)c(=O)n2C)cc1. The molecule has 4 heteroatoms. The summed E-state index contributed by atoms with van der Waals surface area (Å²) in [6.07, 6.45) is 0.126. The van der Waals surface area contributed by atoms with Gasteiger partial charge >= 0.3 is 0 Å². The first-order chi connectivity index (χ1) is 10.2. The van der Waals surface area contributed by atoms with Crippen LogP contribution in [0.5, 0.6) is 5.75 Å². The Morgan fingerprint density at radius 1 is 1.09 bits per heavy atom. The van der Waals surface area contributed by atoms with Crippen LogP contribution in [-0.2, 0) is 12.6 Å². The third-order valence-electron chi connectivity index (χ3n) is 3.49. The first-order valence-electron chi connectivity index (χ1n) is 7.40. The highest BCUT2D eigenvalue weighted by Gasteiger charge is 2.21. The minimum Gasteiger partial charge on any atom is -0.491 e. The van der Waals surface area contributed by atoms with Crippen LogP contribution in [0.25, 0.3) is 11.3 Å². The minimum atomic E-state index is -1.15. The van der Waals surface area contributed by atoms with Gasteiger partial charge in [0.2, 0.25) is 0 Å². The molecule has 1 heterocycles. The Bertz CT molecular complexity index is 707. The number of pyridine rings is 1. The average Bonchev–Trinajstić information content (AvgIpc) is 2.41. The average molecular weight is 301 g/mol. The predicted octanol–water partition coefficient (Wildman–Crippen LogP) is 3.07. The molecule has 1 aromatic heterocycles. The number of hydrogen-bond acceptors (Lipinski definition) is 3. The zero-order valence-electron chi connectivity index (χ0n) is 13.8. The van der Waals surface area contributed by atoms with Crippen molar-refractivity contribution in [2.75, 3.05) is 0 Å². The minimum absolute atomic E-state index is 0.126. The number of nitrogens with zero attached hydrogens (tertiary/aromatic N) is 1. The molecule has 118 valence electrons. The van der Waals surface area contributed by atoms with Gasteiger partial charge in [0.25, 0.3) is 5.56 Å². The van der Waals surface area contributed by atoms with Gasteiger partial charge in [0.15, 0.2) is 0 Å². The molecule has 4 nitrogen and oxygen atoms in total. The molecule has 2 aromatic rings. The van der Waals surface area contributed by atoms with Crippen LogP contribution < -0.4 is 10.3 Å². The Balaban J connectivity index is 2.42. The van der Waals surface area contributed by atoms with E-state index in [0.29, 0.717) is 5.56 Å². The van der Waals surface area contributed by atoms with Gasteiger partial charge in [0.05, 0.1) is 17.4 Å². The molecule has 0 spiro atoms. The van der Waals surface area contributed by atoms with Gasteiger partial charge in [0.1, 0.15) is 5.75 Å². The molecule has 0 aliphatic carbocycles. The predicted molar refractivity (Wildman–Crippen MR) is 88.1 cm³/mol. The lowest BCUT2D eigenvalue weighted by molar-refractivity contribution is 0.0766. The summed E-state index contributed by atoms with van der Waals surface area (Å²) in [5, 5.41) is 10.0. The van der Waals surface area contributed by atoms with Crippen LogP contribution in [0.4, 0.5) is 0 Å². The van der Waals surface area contributed by atoms with Gasteiger partial charge in [0, 0.05) is 12.6 Å². The highest BCUT2D eigenvalue weighted by molar-refractivity contribution is 5.61. The maximum Gasteiger partial charge on any atom is 0.256 e. The highest BCUT2D eigenvalue weighted by atomic mass is 16.5. The molecule has 22 heavy (non-hydrogen) atoms. The van der Waals surface area contributed by atoms with E-state index in [0.717, 1.165) is 17.0 Å². The molecule has 1 N–H and O–H groups in total. The van der Waals surface area contributed by atoms with Gasteiger partial charge in [-0.15, -0.1) is 0 Å². The second-order valence-electron chi connectivity index (χ2n) is 6.25. The van der Waals surface area contributed by atoms with Crippen molar-refractivity contribution in [2.45, 2.75) is 39.4 Å². The Hall–Kier alpha value is -2.07. The van der Waals surface area contributed by atoms with Crippen molar-refractivity contribution in [1.82, 2.24) is 4.57 Å². The van der Waals surface area contributed by atoms with Crippen LogP contribution in [0.2, 0.25) is 0 Å². The normalized spacial score (nSPS) is 11.8. The molecular formula is C18H23NO3. The Kier molecular flexibility index (Phi) is 4.42. The smallest absolute Gasteiger partial charge is 0.256 e. The van der Waals surface area contributed by atoms with Crippen molar-refractivity contribution in [3.8, 4) is 17.0 Å². The summed E-state index contributed by atoms with van der Waals surface area (Å²) in [5.41, 5.74) is 0.778. The number of aromatic nitrogens is 1. The van der Waals surface area contributed by atoms with Crippen molar-refractivity contribution in [3.05, 3.63) is 52.3 Å². The summed E-state index contributed by atoms with van der Waals surface area (Å²) in [6.45, 7) is 7.18. The van der Waals surface area contributed by atoms with Gasteiger partial charge in [-0.3, -0.25) is 4.79 Å². The van der Waals surface area contributed by atoms with E-state index in [1.54, 1.807) is 31.5 Å². The molecule has 0 aliphatic heterocycles. The molecule has 0 atom stereocenters. The fourth-order valence-corrected chi connectivity index (χ4v) is 2.37. The summed E-state index contributed by atoms with van der Waals surface area (Å²) >= 11 is 0. The van der Waals surface area contributed by atoms with E-state index in [9.17, 15) is 9.90 Å². The van der Waals surface area contributed by atoms with Crippen molar-refractivity contribution < 1.29 is 9.84 Å². The van der Waals surface area contributed by atoms with Crippen LogP contribution in [0.1, 0.15) is 33.3 Å². The van der Waals surface area contributed by atoms with Crippen molar-refractivity contribution in [3.63, 3.8) is 0 Å². The van der Waals surface area contributed by atoms with Gasteiger partial charge in [-0.1, -0.05) is 0 Å². The first-order valence-corrected chi connectivity index (χ1v) is 7.40. The van der Waals surface area contributed by atoms with E-state index in [4.69, 9.17) is 4.74 Å². The fourth-order valence-electron chi connectivity index (χ4n) is 2.37. The van der Waals surface area contributed by atoms with E-state index < -0.39 is 5.60 Å². The quantitative estimate of drug-likeness (QED) is 0.944. The van der Waals surface area contributed by atoms with E-state index >= 15 is 0 Å². The molecule has 0 radical (unpaired) electrons. The molecular weight excluding hydrogens is 278 g/mol.